The van der Waals surface area contributed by atoms with Gasteiger partial charge in [-0.05, 0) is 38.8 Å². The van der Waals surface area contributed by atoms with Gasteiger partial charge in [-0.15, -0.1) is 5.10 Å². The van der Waals surface area contributed by atoms with Gasteiger partial charge in [0.2, 0.25) is 0 Å². The summed E-state index contributed by atoms with van der Waals surface area (Å²) in [5.74, 6) is -1.22. The summed E-state index contributed by atoms with van der Waals surface area (Å²) in [5.41, 5.74) is 2.72. The van der Waals surface area contributed by atoms with Crippen molar-refractivity contribution in [3.63, 3.8) is 0 Å². The van der Waals surface area contributed by atoms with Crippen LogP contribution >= 0.6 is 0 Å². The van der Waals surface area contributed by atoms with E-state index in [0.717, 1.165) is 54.4 Å². The van der Waals surface area contributed by atoms with E-state index in [1.807, 2.05) is 13.1 Å². The number of ether oxygens (including phenoxy) is 1. The van der Waals surface area contributed by atoms with Crippen molar-refractivity contribution in [2.24, 2.45) is 0 Å². The number of hydrogen-bond donors (Lipinski definition) is 1. The highest BCUT2D eigenvalue weighted by Gasteiger charge is 2.37. The van der Waals surface area contributed by atoms with Crippen LogP contribution in [0, 0.1) is 18.6 Å². The molecule has 4 heterocycles. The molecule has 3 aromatic rings. The minimum atomic E-state index is -0.868. The average Bonchev–Trinajstić information content (AvgIpc) is 3.00. The second-order valence-corrected chi connectivity index (χ2v) is 8.06. The van der Waals surface area contributed by atoms with E-state index in [1.54, 1.807) is 13.0 Å². The maximum atomic E-state index is 14.3. The second kappa shape index (κ2) is 7.43. The van der Waals surface area contributed by atoms with Crippen molar-refractivity contribution in [1.29, 1.82) is 0 Å². The van der Waals surface area contributed by atoms with Gasteiger partial charge < -0.3 is 15.0 Å². The molecule has 3 atom stereocenters. The summed E-state index contributed by atoms with van der Waals surface area (Å²) in [5, 5.41) is 12.5. The molecule has 2 bridgehead atoms. The first kappa shape index (κ1) is 19.1. The number of fused-ring (bicyclic) bond motifs is 3. The maximum absolute atomic E-state index is 14.3. The predicted molar refractivity (Wildman–Crippen MR) is 111 cm³/mol. The molecule has 2 aromatic heterocycles. The molecule has 6 nitrogen and oxygen atoms in total. The number of anilines is 2. The molecule has 1 aromatic carbocycles. The monoisotopic (exact) mass is 411 g/mol. The lowest BCUT2D eigenvalue weighted by atomic mass is 10.1. The van der Waals surface area contributed by atoms with Crippen LogP contribution in [0.3, 0.4) is 0 Å². The lowest BCUT2D eigenvalue weighted by Gasteiger charge is -2.36. The molecule has 0 radical (unpaired) electrons. The van der Waals surface area contributed by atoms with Gasteiger partial charge in [0, 0.05) is 10.9 Å². The largest absolute Gasteiger partial charge is 0.377 e. The van der Waals surface area contributed by atoms with Gasteiger partial charge in [-0.2, -0.15) is 5.10 Å². The van der Waals surface area contributed by atoms with Crippen LogP contribution < -0.4 is 10.2 Å². The Morgan fingerprint density at radius 3 is 2.70 bits per heavy atom. The first-order valence-corrected chi connectivity index (χ1v) is 10.2. The normalized spacial score (nSPS) is 21.8. The molecular weight excluding hydrogens is 388 g/mol. The van der Waals surface area contributed by atoms with Gasteiger partial charge in [0.1, 0.15) is 0 Å². The minimum Gasteiger partial charge on any atom is -0.377 e. The van der Waals surface area contributed by atoms with Crippen LogP contribution in [0.1, 0.15) is 37.1 Å². The predicted octanol–water partition coefficient (Wildman–Crippen LogP) is 4.15. The molecule has 0 aliphatic carbocycles. The number of aryl methyl sites for hydroxylation is 1. The Balaban J connectivity index is 1.53. The van der Waals surface area contributed by atoms with Gasteiger partial charge in [0.05, 0.1) is 54.4 Å². The number of aromatic nitrogens is 3. The zero-order valence-corrected chi connectivity index (χ0v) is 16.9. The lowest BCUT2D eigenvalue weighted by Crippen LogP contribution is -2.45. The van der Waals surface area contributed by atoms with Crippen molar-refractivity contribution >= 4 is 22.4 Å². The number of morpholine rings is 1. The molecule has 0 spiro atoms. The Morgan fingerprint density at radius 1 is 1.17 bits per heavy atom. The van der Waals surface area contributed by atoms with Crippen molar-refractivity contribution in [3.05, 3.63) is 53.4 Å². The zero-order chi connectivity index (χ0) is 20.8. The highest BCUT2D eigenvalue weighted by atomic mass is 19.2. The van der Waals surface area contributed by atoms with E-state index in [9.17, 15) is 8.78 Å². The fourth-order valence-corrected chi connectivity index (χ4v) is 4.58. The standard InChI is InChI=1S/C22H23F2N5O/c1-12(17-4-3-5-19(23)20(17)24)26-22-18-8-16(9-25-21(18)13(2)27-28-22)29-14-6-7-15(29)11-30-10-14/h3-5,8-9,12,14-15H,6-7,10-11H2,1-2H3,(H,26,28)/t12-,14?,15?/m1/s1. The highest BCUT2D eigenvalue weighted by Crippen LogP contribution is 2.36. The van der Waals surface area contributed by atoms with Crippen LogP contribution in [0.25, 0.3) is 10.9 Å². The first-order chi connectivity index (χ1) is 14.5. The van der Waals surface area contributed by atoms with Gasteiger partial charge in [-0.1, -0.05) is 12.1 Å². The molecule has 8 heteroatoms. The number of benzene rings is 1. The third-order valence-corrected chi connectivity index (χ3v) is 6.11. The summed E-state index contributed by atoms with van der Waals surface area (Å²) in [6.45, 7) is 5.08. The summed E-state index contributed by atoms with van der Waals surface area (Å²) in [4.78, 5) is 7.06. The second-order valence-electron chi connectivity index (χ2n) is 8.06. The van der Waals surface area contributed by atoms with Crippen LogP contribution in [0.15, 0.2) is 30.5 Å². The number of halogens is 2. The van der Waals surface area contributed by atoms with Crippen molar-refractivity contribution in [1.82, 2.24) is 15.2 Å². The summed E-state index contributed by atoms with van der Waals surface area (Å²) in [6, 6.07) is 6.46. The minimum absolute atomic E-state index is 0.237. The fraction of sp³-hybridized carbons (Fsp3) is 0.409. The van der Waals surface area contributed by atoms with E-state index in [1.165, 1.54) is 6.07 Å². The molecular formula is C22H23F2N5O. The molecule has 2 saturated heterocycles. The Hall–Kier alpha value is -2.87. The third-order valence-electron chi connectivity index (χ3n) is 6.11. The number of rotatable bonds is 4. The Labute approximate surface area is 173 Å². The molecule has 2 aliphatic rings. The number of nitrogens with one attached hydrogen (secondary N) is 1. The van der Waals surface area contributed by atoms with Gasteiger partial charge >= 0.3 is 0 Å². The first-order valence-electron chi connectivity index (χ1n) is 10.2. The highest BCUT2D eigenvalue weighted by molar-refractivity contribution is 5.92. The quantitative estimate of drug-likeness (QED) is 0.696. The van der Waals surface area contributed by atoms with E-state index in [2.05, 4.69) is 31.5 Å². The van der Waals surface area contributed by atoms with E-state index >= 15 is 0 Å². The van der Waals surface area contributed by atoms with Crippen LogP contribution in [0.5, 0.6) is 0 Å². The smallest absolute Gasteiger partial charge is 0.164 e. The molecule has 1 N–H and O–H groups in total. The van der Waals surface area contributed by atoms with Crippen molar-refractivity contribution in [2.75, 3.05) is 23.4 Å². The molecule has 0 amide bonds. The van der Waals surface area contributed by atoms with Crippen molar-refractivity contribution in [3.8, 4) is 0 Å². The van der Waals surface area contributed by atoms with Crippen LogP contribution in [0.2, 0.25) is 0 Å². The zero-order valence-electron chi connectivity index (χ0n) is 16.9. The van der Waals surface area contributed by atoms with Crippen LogP contribution in [-0.2, 0) is 4.74 Å². The molecule has 2 unspecified atom stereocenters. The molecule has 156 valence electrons. The van der Waals surface area contributed by atoms with E-state index in [0.29, 0.717) is 17.9 Å². The van der Waals surface area contributed by atoms with Crippen molar-refractivity contribution in [2.45, 2.75) is 44.8 Å². The molecule has 5 rings (SSSR count). The third kappa shape index (κ3) is 3.15. The van der Waals surface area contributed by atoms with Gasteiger partial charge in [-0.3, -0.25) is 4.98 Å². The maximum Gasteiger partial charge on any atom is 0.164 e. The lowest BCUT2D eigenvalue weighted by molar-refractivity contribution is 0.0906. The molecule has 30 heavy (non-hydrogen) atoms. The Kier molecular flexibility index (Phi) is 4.73. The van der Waals surface area contributed by atoms with Gasteiger partial charge in [-0.25, -0.2) is 8.78 Å². The van der Waals surface area contributed by atoms with Gasteiger partial charge in [0.15, 0.2) is 17.5 Å². The number of nitrogens with zero attached hydrogens (tertiary/aromatic N) is 4. The van der Waals surface area contributed by atoms with Crippen molar-refractivity contribution < 1.29 is 13.5 Å². The Bertz CT molecular complexity index is 1090. The van der Waals surface area contributed by atoms with E-state index in [4.69, 9.17) is 4.74 Å². The summed E-state index contributed by atoms with van der Waals surface area (Å²) >= 11 is 0. The van der Waals surface area contributed by atoms with Gasteiger partial charge in [0.25, 0.3) is 0 Å². The number of pyridine rings is 1. The SMILES string of the molecule is Cc1nnc(N[C@H](C)c2cccc(F)c2F)c2cc(N3C4CCC3COC4)cnc12. The fourth-order valence-electron chi connectivity index (χ4n) is 4.58. The summed E-state index contributed by atoms with van der Waals surface area (Å²) in [6.07, 6.45) is 4.10. The van der Waals surface area contributed by atoms with E-state index < -0.39 is 17.7 Å². The number of hydrogen-bond acceptors (Lipinski definition) is 6. The topological polar surface area (TPSA) is 63.2 Å². The Morgan fingerprint density at radius 2 is 1.93 bits per heavy atom. The average molecular weight is 411 g/mol. The van der Waals surface area contributed by atoms with Crippen LogP contribution in [-0.4, -0.2) is 40.5 Å². The molecule has 2 aliphatic heterocycles. The molecule has 0 saturated carbocycles. The molecule has 2 fully saturated rings. The van der Waals surface area contributed by atoms with E-state index in [-0.39, 0.29) is 5.56 Å². The summed E-state index contributed by atoms with van der Waals surface area (Å²) < 4.78 is 33.6. The van der Waals surface area contributed by atoms with Crippen LogP contribution in [0.4, 0.5) is 20.3 Å². The summed E-state index contributed by atoms with van der Waals surface area (Å²) in [7, 11) is 0.